The van der Waals surface area contributed by atoms with E-state index in [9.17, 15) is 8.42 Å². The van der Waals surface area contributed by atoms with Crippen LogP contribution in [0.4, 0.5) is 0 Å². The van der Waals surface area contributed by atoms with E-state index >= 15 is 0 Å². The Morgan fingerprint density at radius 1 is 1.18 bits per heavy atom. The molecule has 4 heteroatoms. The maximum atomic E-state index is 11.2. The minimum absolute atomic E-state index is 0.318. The lowest BCUT2D eigenvalue weighted by atomic mass is 10.2. The lowest BCUT2D eigenvalue weighted by Crippen LogP contribution is -2.46. The summed E-state index contributed by atoms with van der Waals surface area (Å²) < 4.78 is 22.5. The summed E-state index contributed by atoms with van der Waals surface area (Å²) in [7, 11) is -0.655. The number of rotatable bonds is 0. The largest absolute Gasteiger partial charge is 0.298 e. The fraction of sp³-hybridized carbons (Fsp3) is 1.00. The van der Waals surface area contributed by atoms with Gasteiger partial charge in [-0.05, 0) is 19.9 Å². The molecule has 0 aromatic heterocycles. The van der Waals surface area contributed by atoms with Crippen LogP contribution in [0.15, 0.2) is 0 Å². The van der Waals surface area contributed by atoms with Gasteiger partial charge in [-0.3, -0.25) is 4.90 Å². The number of hydrogen-bond acceptors (Lipinski definition) is 3. The summed E-state index contributed by atoms with van der Waals surface area (Å²) in [6.45, 7) is 0. The minimum Gasteiger partial charge on any atom is -0.298 e. The Balaban J connectivity index is 2.27. The highest BCUT2D eigenvalue weighted by Gasteiger charge is 2.40. The Labute approximate surface area is 67.3 Å². The standard InChI is InChI=1S/C7H13NO2S/c1-8-6-2-3-7(8)5-11(9,10)4-6/h6-7H,2-5H2,1H3. The molecule has 0 spiro atoms. The first-order chi connectivity index (χ1) is 5.08. The van der Waals surface area contributed by atoms with Crippen LogP contribution in [0.1, 0.15) is 12.8 Å². The second-order valence-electron chi connectivity index (χ2n) is 3.63. The van der Waals surface area contributed by atoms with Crippen LogP contribution >= 0.6 is 0 Å². The molecule has 2 atom stereocenters. The topological polar surface area (TPSA) is 37.4 Å². The molecule has 2 saturated heterocycles. The van der Waals surface area contributed by atoms with Gasteiger partial charge in [0.15, 0.2) is 9.84 Å². The van der Waals surface area contributed by atoms with E-state index in [0.717, 1.165) is 12.8 Å². The van der Waals surface area contributed by atoms with Crippen LogP contribution in [0.3, 0.4) is 0 Å². The zero-order valence-corrected chi connectivity index (χ0v) is 7.47. The van der Waals surface area contributed by atoms with E-state index in [1.807, 2.05) is 7.05 Å². The quantitative estimate of drug-likeness (QED) is 0.515. The normalized spacial score (nSPS) is 42.6. The molecular formula is C7H13NO2S. The summed E-state index contributed by atoms with van der Waals surface area (Å²) in [5.41, 5.74) is 0. The van der Waals surface area contributed by atoms with Crippen LogP contribution in [-0.4, -0.2) is 44.0 Å². The molecule has 2 unspecified atom stereocenters. The molecule has 2 fully saturated rings. The van der Waals surface area contributed by atoms with E-state index in [-0.39, 0.29) is 0 Å². The van der Waals surface area contributed by atoms with Crippen molar-refractivity contribution in [3.63, 3.8) is 0 Å². The molecule has 0 amide bonds. The molecule has 2 aliphatic heterocycles. The van der Waals surface area contributed by atoms with Crippen molar-refractivity contribution in [2.75, 3.05) is 18.6 Å². The van der Waals surface area contributed by atoms with Gasteiger partial charge in [0.05, 0.1) is 11.5 Å². The third-order valence-corrected chi connectivity index (χ3v) is 4.66. The average Bonchev–Trinajstić information content (AvgIpc) is 2.19. The molecule has 0 radical (unpaired) electrons. The molecule has 2 bridgehead atoms. The van der Waals surface area contributed by atoms with Crippen molar-refractivity contribution in [3.8, 4) is 0 Å². The van der Waals surface area contributed by atoms with Crippen molar-refractivity contribution in [1.29, 1.82) is 0 Å². The van der Waals surface area contributed by atoms with Crippen molar-refractivity contribution < 1.29 is 8.42 Å². The smallest absolute Gasteiger partial charge is 0.153 e. The van der Waals surface area contributed by atoms with Gasteiger partial charge in [0.2, 0.25) is 0 Å². The Bertz CT molecular complexity index is 240. The minimum atomic E-state index is -2.69. The zero-order valence-electron chi connectivity index (χ0n) is 6.66. The second kappa shape index (κ2) is 2.20. The molecule has 2 aliphatic rings. The third kappa shape index (κ3) is 1.18. The Morgan fingerprint density at radius 2 is 1.64 bits per heavy atom. The van der Waals surface area contributed by atoms with Crippen molar-refractivity contribution in [1.82, 2.24) is 4.90 Å². The van der Waals surface area contributed by atoms with E-state index in [1.165, 1.54) is 0 Å². The summed E-state index contributed by atoms with van der Waals surface area (Å²) in [6, 6.07) is 0.637. The zero-order chi connectivity index (χ0) is 8.06. The van der Waals surface area contributed by atoms with Gasteiger partial charge in [0, 0.05) is 12.1 Å². The highest BCUT2D eigenvalue weighted by atomic mass is 32.2. The van der Waals surface area contributed by atoms with Crippen LogP contribution in [0.25, 0.3) is 0 Å². The first-order valence-electron chi connectivity index (χ1n) is 4.01. The first-order valence-corrected chi connectivity index (χ1v) is 5.83. The van der Waals surface area contributed by atoms with Crippen molar-refractivity contribution >= 4 is 9.84 Å². The molecule has 0 saturated carbocycles. The number of hydrogen-bond donors (Lipinski definition) is 0. The van der Waals surface area contributed by atoms with Gasteiger partial charge < -0.3 is 0 Å². The van der Waals surface area contributed by atoms with Crippen LogP contribution in [-0.2, 0) is 9.84 Å². The predicted molar refractivity (Wildman–Crippen MR) is 43.2 cm³/mol. The van der Waals surface area contributed by atoms with Crippen LogP contribution in [0.5, 0.6) is 0 Å². The average molecular weight is 175 g/mol. The van der Waals surface area contributed by atoms with Crippen LogP contribution in [0.2, 0.25) is 0 Å². The highest BCUT2D eigenvalue weighted by Crippen LogP contribution is 2.29. The molecule has 2 rings (SSSR count). The second-order valence-corrected chi connectivity index (χ2v) is 5.78. The maximum Gasteiger partial charge on any atom is 0.153 e. The maximum absolute atomic E-state index is 11.2. The summed E-state index contributed by atoms with van der Waals surface area (Å²) in [5, 5.41) is 0. The number of sulfone groups is 1. The molecule has 0 aliphatic carbocycles. The molecule has 3 nitrogen and oxygen atoms in total. The van der Waals surface area contributed by atoms with E-state index in [2.05, 4.69) is 4.90 Å². The third-order valence-electron chi connectivity index (χ3n) is 2.88. The van der Waals surface area contributed by atoms with E-state index < -0.39 is 9.84 Å². The summed E-state index contributed by atoms with van der Waals surface area (Å²) >= 11 is 0. The Kier molecular flexibility index (Phi) is 1.51. The lowest BCUT2D eigenvalue weighted by Gasteiger charge is -2.30. The molecule has 0 N–H and O–H groups in total. The van der Waals surface area contributed by atoms with Gasteiger partial charge in [-0.2, -0.15) is 0 Å². The van der Waals surface area contributed by atoms with Gasteiger partial charge >= 0.3 is 0 Å². The molecular weight excluding hydrogens is 162 g/mol. The Hall–Kier alpha value is -0.0900. The fourth-order valence-electron chi connectivity index (χ4n) is 2.15. The summed E-state index contributed by atoms with van der Waals surface area (Å²) in [6.07, 6.45) is 2.14. The molecule has 64 valence electrons. The van der Waals surface area contributed by atoms with Gasteiger partial charge in [-0.1, -0.05) is 0 Å². The monoisotopic (exact) mass is 175 g/mol. The van der Waals surface area contributed by atoms with Gasteiger partial charge in [0.25, 0.3) is 0 Å². The van der Waals surface area contributed by atoms with E-state index in [0.29, 0.717) is 23.6 Å². The molecule has 0 aromatic carbocycles. The van der Waals surface area contributed by atoms with Gasteiger partial charge in [-0.25, -0.2) is 8.42 Å². The first kappa shape index (κ1) is 7.55. The van der Waals surface area contributed by atoms with Crippen molar-refractivity contribution in [3.05, 3.63) is 0 Å². The fourth-order valence-corrected chi connectivity index (χ4v) is 4.26. The van der Waals surface area contributed by atoms with Crippen molar-refractivity contribution in [2.45, 2.75) is 24.9 Å². The summed E-state index contributed by atoms with van der Waals surface area (Å²) in [5.74, 6) is 0.778. The SMILES string of the molecule is CN1C2CCC1CS(=O)(=O)C2. The number of fused-ring (bicyclic) bond motifs is 2. The van der Waals surface area contributed by atoms with Crippen molar-refractivity contribution in [2.24, 2.45) is 0 Å². The summed E-state index contributed by atoms with van der Waals surface area (Å²) in [4.78, 5) is 2.22. The highest BCUT2D eigenvalue weighted by molar-refractivity contribution is 7.91. The van der Waals surface area contributed by atoms with Gasteiger partial charge in [0.1, 0.15) is 0 Å². The van der Waals surface area contributed by atoms with Crippen LogP contribution in [0, 0.1) is 0 Å². The molecule has 0 aromatic rings. The van der Waals surface area contributed by atoms with Gasteiger partial charge in [-0.15, -0.1) is 0 Å². The van der Waals surface area contributed by atoms with E-state index in [4.69, 9.17) is 0 Å². The van der Waals surface area contributed by atoms with E-state index in [1.54, 1.807) is 0 Å². The molecule has 11 heavy (non-hydrogen) atoms. The van der Waals surface area contributed by atoms with Crippen LogP contribution < -0.4 is 0 Å². The lowest BCUT2D eigenvalue weighted by molar-refractivity contribution is 0.258. The Morgan fingerprint density at radius 3 is 2.09 bits per heavy atom. The number of nitrogens with zero attached hydrogens (tertiary/aromatic N) is 1. The predicted octanol–water partition coefficient (Wildman–Crippen LogP) is -0.122. The molecule has 2 heterocycles.